The van der Waals surface area contributed by atoms with E-state index in [0.717, 1.165) is 25.2 Å². The van der Waals surface area contributed by atoms with Gasteiger partial charge >= 0.3 is 6.09 Å². The van der Waals surface area contributed by atoms with Crippen molar-refractivity contribution in [1.29, 1.82) is 0 Å². The Balaban J connectivity index is 1.65. The van der Waals surface area contributed by atoms with Gasteiger partial charge in [-0.25, -0.2) is 4.79 Å². The zero-order valence-electron chi connectivity index (χ0n) is 11.1. The first-order valence-corrected chi connectivity index (χ1v) is 6.83. The van der Waals surface area contributed by atoms with E-state index in [4.69, 9.17) is 4.74 Å². The van der Waals surface area contributed by atoms with Crippen LogP contribution in [-0.4, -0.2) is 43.4 Å². The molecule has 1 fully saturated rings. The zero-order valence-corrected chi connectivity index (χ0v) is 11.1. The summed E-state index contributed by atoms with van der Waals surface area (Å²) in [4.78, 5) is 17.5. The number of ether oxygens (including phenoxy) is 1. The van der Waals surface area contributed by atoms with Gasteiger partial charge in [0.05, 0.1) is 0 Å². The maximum atomic E-state index is 11.4. The summed E-state index contributed by atoms with van der Waals surface area (Å²) in [5, 5.41) is 0. The van der Waals surface area contributed by atoms with Gasteiger partial charge in [-0.3, -0.25) is 4.90 Å². The van der Waals surface area contributed by atoms with E-state index in [2.05, 4.69) is 9.89 Å². The first-order chi connectivity index (χ1) is 9.34. The standard InChI is InChI=1S/C15H20N2O2/c18-15(16-13-14-7-3-1-4-8-14)19-12-11-17-9-5-2-6-10-17/h1,3-4,7-8,13H,2,5-6,9-12H2/b16-13-. The predicted molar refractivity (Wildman–Crippen MR) is 75.7 cm³/mol. The molecule has 0 N–H and O–H groups in total. The Morgan fingerprint density at radius 2 is 1.95 bits per heavy atom. The number of hydrogen-bond acceptors (Lipinski definition) is 3. The number of nitrogens with zero attached hydrogens (tertiary/aromatic N) is 2. The topological polar surface area (TPSA) is 41.9 Å². The average molecular weight is 260 g/mol. The monoisotopic (exact) mass is 260 g/mol. The largest absolute Gasteiger partial charge is 0.447 e. The molecule has 0 spiro atoms. The van der Waals surface area contributed by atoms with Gasteiger partial charge in [0.1, 0.15) is 6.61 Å². The highest BCUT2D eigenvalue weighted by atomic mass is 16.5. The lowest BCUT2D eigenvalue weighted by atomic mass is 10.1. The van der Waals surface area contributed by atoms with Crippen molar-refractivity contribution in [3.05, 3.63) is 35.9 Å². The molecular weight excluding hydrogens is 240 g/mol. The van der Waals surface area contributed by atoms with Gasteiger partial charge in [0, 0.05) is 12.8 Å². The molecule has 19 heavy (non-hydrogen) atoms. The fourth-order valence-corrected chi connectivity index (χ4v) is 2.15. The molecule has 4 nitrogen and oxygen atoms in total. The van der Waals surface area contributed by atoms with E-state index in [1.54, 1.807) is 0 Å². The minimum atomic E-state index is -0.513. The van der Waals surface area contributed by atoms with Gasteiger partial charge < -0.3 is 4.74 Å². The number of likely N-dealkylation sites (tertiary alicyclic amines) is 1. The second-order valence-corrected chi connectivity index (χ2v) is 4.69. The first kappa shape index (κ1) is 13.7. The molecule has 102 valence electrons. The molecule has 0 bridgehead atoms. The summed E-state index contributed by atoms with van der Waals surface area (Å²) in [7, 11) is 0. The second kappa shape index (κ2) is 7.69. The van der Waals surface area contributed by atoms with Crippen molar-refractivity contribution in [2.24, 2.45) is 4.99 Å². The van der Waals surface area contributed by atoms with Gasteiger partial charge in [-0.05, 0) is 31.5 Å². The number of aliphatic imine (C=N–C) groups is 1. The Hall–Kier alpha value is -1.68. The molecule has 1 aliphatic rings. The lowest BCUT2D eigenvalue weighted by molar-refractivity contribution is 0.129. The number of carbonyl (C=O) groups excluding carboxylic acids is 1. The molecular formula is C15H20N2O2. The van der Waals surface area contributed by atoms with Crippen molar-refractivity contribution in [1.82, 2.24) is 4.90 Å². The van der Waals surface area contributed by atoms with E-state index in [1.807, 2.05) is 30.3 Å². The molecule has 2 rings (SSSR count). The highest BCUT2D eigenvalue weighted by Crippen LogP contribution is 2.07. The maximum Gasteiger partial charge on any atom is 0.433 e. The van der Waals surface area contributed by atoms with Gasteiger partial charge in [-0.15, -0.1) is 0 Å². The Kier molecular flexibility index (Phi) is 5.56. The van der Waals surface area contributed by atoms with Crippen LogP contribution in [0.1, 0.15) is 24.8 Å². The van der Waals surface area contributed by atoms with E-state index in [9.17, 15) is 4.79 Å². The summed E-state index contributed by atoms with van der Waals surface area (Å²) in [6.45, 7) is 3.47. The lowest BCUT2D eigenvalue weighted by Crippen LogP contribution is -2.32. The Bertz CT molecular complexity index is 411. The van der Waals surface area contributed by atoms with Crippen molar-refractivity contribution in [3.63, 3.8) is 0 Å². The summed E-state index contributed by atoms with van der Waals surface area (Å²) in [5.74, 6) is 0. The van der Waals surface area contributed by atoms with E-state index in [-0.39, 0.29) is 0 Å². The Morgan fingerprint density at radius 3 is 2.68 bits per heavy atom. The molecule has 0 aromatic heterocycles. The van der Waals surface area contributed by atoms with E-state index >= 15 is 0 Å². The smallest absolute Gasteiger partial charge is 0.433 e. The third-order valence-corrected chi connectivity index (χ3v) is 3.20. The molecule has 0 atom stereocenters. The summed E-state index contributed by atoms with van der Waals surface area (Å²) < 4.78 is 5.09. The quantitative estimate of drug-likeness (QED) is 0.782. The van der Waals surface area contributed by atoms with Crippen LogP contribution in [0.15, 0.2) is 35.3 Å². The molecule has 1 aromatic rings. The molecule has 0 unspecified atom stereocenters. The van der Waals surface area contributed by atoms with E-state index < -0.39 is 6.09 Å². The van der Waals surface area contributed by atoms with Gasteiger partial charge in [0.25, 0.3) is 0 Å². The van der Waals surface area contributed by atoms with Crippen LogP contribution in [0.3, 0.4) is 0 Å². The van der Waals surface area contributed by atoms with Gasteiger partial charge in [0.2, 0.25) is 0 Å². The van der Waals surface area contributed by atoms with Gasteiger partial charge in [-0.2, -0.15) is 4.99 Å². The predicted octanol–water partition coefficient (Wildman–Crippen LogP) is 2.73. The van der Waals surface area contributed by atoms with Crippen LogP contribution in [-0.2, 0) is 4.74 Å². The van der Waals surface area contributed by atoms with Gasteiger partial charge in [0.15, 0.2) is 0 Å². The number of amides is 1. The zero-order chi connectivity index (χ0) is 13.3. The third-order valence-electron chi connectivity index (χ3n) is 3.20. The highest BCUT2D eigenvalue weighted by molar-refractivity contribution is 5.88. The van der Waals surface area contributed by atoms with Gasteiger partial charge in [-0.1, -0.05) is 36.8 Å². The number of rotatable bonds is 4. The minimum absolute atomic E-state index is 0.422. The van der Waals surface area contributed by atoms with Crippen LogP contribution in [0.2, 0.25) is 0 Å². The van der Waals surface area contributed by atoms with Crippen molar-refractivity contribution >= 4 is 12.3 Å². The minimum Gasteiger partial charge on any atom is -0.447 e. The molecule has 1 aromatic carbocycles. The number of piperidine rings is 1. The molecule has 1 saturated heterocycles. The summed E-state index contributed by atoms with van der Waals surface area (Å²) >= 11 is 0. The summed E-state index contributed by atoms with van der Waals surface area (Å²) in [6, 6.07) is 9.52. The van der Waals surface area contributed by atoms with E-state index in [1.165, 1.54) is 25.5 Å². The fourth-order valence-electron chi connectivity index (χ4n) is 2.15. The molecule has 1 heterocycles. The normalized spacial score (nSPS) is 16.6. The summed E-state index contributed by atoms with van der Waals surface area (Å²) in [5.41, 5.74) is 0.899. The second-order valence-electron chi connectivity index (χ2n) is 4.69. The molecule has 4 heteroatoms. The molecule has 1 aliphatic heterocycles. The van der Waals surface area contributed by atoms with Crippen LogP contribution in [0.4, 0.5) is 4.79 Å². The van der Waals surface area contributed by atoms with Crippen molar-refractivity contribution in [2.75, 3.05) is 26.2 Å². The maximum absolute atomic E-state index is 11.4. The third kappa shape index (κ3) is 5.22. The highest BCUT2D eigenvalue weighted by Gasteiger charge is 2.10. The Labute approximate surface area is 114 Å². The molecule has 1 amide bonds. The van der Waals surface area contributed by atoms with Crippen LogP contribution >= 0.6 is 0 Å². The number of benzene rings is 1. The number of carbonyl (C=O) groups is 1. The van der Waals surface area contributed by atoms with Crippen molar-refractivity contribution in [2.45, 2.75) is 19.3 Å². The lowest BCUT2D eigenvalue weighted by Gasteiger charge is -2.25. The Morgan fingerprint density at radius 1 is 1.21 bits per heavy atom. The average Bonchev–Trinajstić information content (AvgIpc) is 2.47. The molecule has 0 saturated carbocycles. The van der Waals surface area contributed by atoms with Crippen LogP contribution in [0.5, 0.6) is 0 Å². The molecule has 0 aliphatic carbocycles. The van der Waals surface area contributed by atoms with Crippen LogP contribution in [0, 0.1) is 0 Å². The van der Waals surface area contributed by atoms with E-state index in [0.29, 0.717) is 6.61 Å². The van der Waals surface area contributed by atoms with Crippen molar-refractivity contribution < 1.29 is 9.53 Å². The first-order valence-electron chi connectivity index (χ1n) is 6.83. The van der Waals surface area contributed by atoms with Crippen LogP contribution in [0.25, 0.3) is 0 Å². The molecule has 0 radical (unpaired) electrons. The number of hydrogen-bond donors (Lipinski definition) is 0. The summed E-state index contributed by atoms with van der Waals surface area (Å²) in [6.07, 6.45) is 4.84. The van der Waals surface area contributed by atoms with Crippen LogP contribution < -0.4 is 0 Å². The SMILES string of the molecule is O=C(/N=C\c1ccccc1)OCCN1CCCCC1. The fraction of sp³-hybridized carbons (Fsp3) is 0.467. The van der Waals surface area contributed by atoms with Crippen molar-refractivity contribution in [3.8, 4) is 0 Å².